The summed E-state index contributed by atoms with van der Waals surface area (Å²) in [5.41, 5.74) is 1.71. The second kappa shape index (κ2) is 11.6. The third-order valence-corrected chi connectivity index (χ3v) is 6.60. The Hall–Kier alpha value is -2.24. The van der Waals surface area contributed by atoms with E-state index in [1.54, 1.807) is 25.1 Å². The van der Waals surface area contributed by atoms with Gasteiger partial charge in [0.05, 0.1) is 0 Å². The summed E-state index contributed by atoms with van der Waals surface area (Å²) in [6.07, 6.45) is 5.37. The Balaban J connectivity index is 1.75. The predicted octanol–water partition coefficient (Wildman–Crippen LogP) is 5.55. The summed E-state index contributed by atoms with van der Waals surface area (Å²) >= 11 is 12.7. The molecule has 1 aliphatic rings. The molecular formula is C25H30Cl2N2O3. The van der Waals surface area contributed by atoms with Crippen molar-refractivity contribution < 1.29 is 14.3 Å². The van der Waals surface area contributed by atoms with E-state index in [0.29, 0.717) is 21.4 Å². The van der Waals surface area contributed by atoms with E-state index in [-0.39, 0.29) is 31.0 Å². The molecule has 172 valence electrons. The molecule has 0 spiro atoms. The number of hydrogen-bond acceptors (Lipinski definition) is 3. The fourth-order valence-electron chi connectivity index (χ4n) is 3.87. The molecule has 32 heavy (non-hydrogen) atoms. The smallest absolute Gasteiger partial charge is 0.261 e. The zero-order valence-electron chi connectivity index (χ0n) is 18.6. The lowest BCUT2D eigenvalue weighted by Gasteiger charge is -2.31. The highest BCUT2D eigenvalue weighted by atomic mass is 35.5. The molecule has 1 fully saturated rings. The van der Waals surface area contributed by atoms with Crippen LogP contribution in [0.4, 0.5) is 0 Å². The molecule has 0 radical (unpaired) electrons. The summed E-state index contributed by atoms with van der Waals surface area (Å²) in [5, 5.41) is 4.02. The van der Waals surface area contributed by atoms with Crippen LogP contribution in [-0.4, -0.2) is 35.4 Å². The minimum absolute atomic E-state index is 0.119. The fourth-order valence-corrected chi connectivity index (χ4v) is 4.38. The van der Waals surface area contributed by atoms with Gasteiger partial charge in [0.15, 0.2) is 6.61 Å². The topological polar surface area (TPSA) is 58.6 Å². The van der Waals surface area contributed by atoms with Gasteiger partial charge in [-0.3, -0.25) is 9.59 Å². The quantitative estimate of drug-likeness (QED) is 0.543. The maximum Gasteiger partial charge on any atom is 0.261 e. The number of halogens is 2. The molecule has 0 saturated heterocycles. The number of rotatable bonds is 8. The molecule has 2 amide bonds. The van der Waals surface area contributed by atoms with Gasteiger partial charge in [0.2, 0.25) is 5.91 Å². The Morgan fingerprint density at radius 1 is 1.06 bits per heavy atom. The van der Waals surface area contributed by atoms with Crippen LogP contribution in [0.25, 0.3) is 0 Å². The van der Waals surface area contributed by atoms with Gasteiger partial charge in [0.1, 0.15) is 11.8 Å². The largest absolute Gasteiger partial charge is 0.484 e. The van der Waals surface area contributed by atoms with Crippen molar-refractivity contribution in [1.29, 1.82) is 0 Å². The summed E-state index contributed by atoms with van der Waals surface area (Å²) in [5.74, 6) is 0.107. The maximum absolute atomic E-state index is 13.2. The average molecular weight is 477 g/mol. The van der Waals surface area contributed by atoms with Crippen LogP contribution in [0.3, 0.4) is 0 Å². The molecule has 3 rings (SSSR count). The third-order valence-electron chi connectivity index (χ3n) is 5.89. The first kappa shape index (κ1) is 24.4. The SMILES string of the molecule is Cc1ccc(OCC(=O)N(Cc2c(Cl)cccc2Cl)[C@@H](C)C(=O)NC2CCCCC2)cc1. The van der Waals surface area contributed by atoms with Crippen molar-refractivity contribution in [1.82, 2.24) is 10.2 Å². The van der Waals surface area contributed by atoms with Crippen molar-refractivity contribution in [2.75, 3.05) is 6.61 Å². The zero-order valence-corrected chi connectivity index (χ0v) is 20.1. The summed E-state index contributed by atoms with van der Waals surface area (Å²) in [4.78, 5) is 27.7. The highest BCUT2D eigenvalue weighted by Gasteiger charge is 2.29. The van der Waals surface area contributed by atoms with Gasteiger partial charge in [0, 0.05) is 28.2 Å². The minimum atomic E-state index is -0.696. The fraction of sp³-hybridized carbons (Fsp3) is 0.440. The number of nitrogens with one attached hydrogen (secondary N) is 1. The average Bonchev–Trinajstić information content (AvgIpc) is 2.78. The maximum atomic E-state index is 13.2. The molecule has 0 unspecified atom stereocenters. The number of amides is 2. The van der Waals surface area contributed by atoms with Crippen molar-refractivity contribution in [2.24, 2.45) is 0 Å². The number of aryl methyl sites for hydroxylation is 1. The number of carbonyl (C=O) groups excluding carboxylic acids is 2. The molecule has 0 bridgehead atoms. The lowest BCUT2D eigenvalue weighted by atomic mass is 9.95. The minimum Gasteiger partial charge on any atom is -0.484 e. The molecule has 1 atom stereocenters. The number of nitrogens with zero attached hydrogens (tertiary/aromatic N) is 1. The number of benzene rings is 2. The van der Waals surface area contributed by atoms with Gasteiger partial charge in [-0.1, -0.05) is 66.2 Å². The molecule has 1 saturated carbocycles. The van der Waals surface area contributed by atoms with Crippen LogP contribution < -0.4 is 10.1 Å². The van der Waals surface area contributed by atoms with E-state index in [0.717, 1.165) is 31.2 Å². The van der Waals surface area contributed by atoms with Crippen LogP contribution in [0, 0.1) is 6.92 Å². The van der Waals surface area contributed by atoms with Crippen molar-refractivity contribution >= 4 is 35.0 Å². The van der Waals surface area contributed by atoms with E-state index in [2.05, 4.69) is 5.32 Å². The Morgan fingerprint density at radius 3 is 2.31 bits per heavy atom. The molecule has 0 aliphatic heterocycles. The number of carbonyl (C=O) groups is 2. The first-order valence-electron chi connectivity index (χ1n) is 11.1. The zero-order chi connectivity index (χ0) is 23.1. The molecule has 5 nitrogen and oxygen atoms in total. The van der Waals surface area contributed by atoms with Crippen LogP contribution in [-0.2, 0) is 16.1 Å². The molecular weight excluding hydrogens is 447 g/mol. The summed E-state index contributed by atoms with van der Waals surface area (Å²) in [6, 6.07) is 12.1. The van der Waals surface area contributed by atoms with E-state index < -0.39 is 6.04 Å². The Labute approximate surface area is 200 Å². The van der Waals surface area contributed by atoms with Gasteiger partial charge < -0.3 is 15.0 Å². The summed E-state index contributed by atoms with van der Waals surface area (Å²) in [7, 11) is 0. The molecule has 0 aromatic heterocycles. The summed E-state index contributed by atoms with van der Waals surface area (Å²) in [6.45, 7) is 3.64. The normalized spacial score (nSPS) is 15.1. The highest BCUT2D eigenvalue weighted by molar-refractivity contribution is 6.36. The van der Waals surface area contributed by atoms with Crippen molar-refractivity contribution in [3.05, 3.63) is 63.6 Å². The second-order valence-electron chi connectivity index (χ2n) is 8.34. The van der Waals surface area contributed by atoms with Gasteiger partial charge in [-0.05, 0) is 51.0 Å². The van der Waals surface area contributed by atoms with Gasteiger partial charge in [-0.2, -0.15) is 0 Å². The number of ether oxygens (including phenoxy) is 1. The molecule has 1 aliphatic carbocycles. The monoisotopic (exact) mass is 476 g/mol. The van der Waals surface area contributed by atoms with Crippen LogP contribution >= 0.6 is 23.2 Å². The predicted molar refractivity (Wildman–Crippen MR) is 128 cm³/mol. The van der Waals surface area contributed by atoms with E-state index in [4.69, 9.17) is 27.9 Å². The number of hydrogen-bond donors (Lipinski definition) is 1. The lowest BCUT2D eigenvalue weighted by molar-refractivity contribution is -0.142. The van der Waals surface area contributed by atoms with Gasteiger partial charge >= 0.3 is 0 Å². The van der Waals surface area contributed by atoms with Crippen LogP contribution in [0.5, 0.6) is 5.75 Å². The molecule has 2 aromatic carbocycles. The summed E-state index contributed by atoms with van der Waals surface area (Å²) < 4.78 is 5.69. The van der Waals surface area contributed by atoms with Gasteiger partial charge in [0.25, 0.3) is 5.91 Å². The van der Waals surface area contributed by atoms with Crippen molar-refractivity contribution in [3.8, 4) is 5.75 Å². The van der Waals surface area contributed by atoms with E-state index in [1.165, 1.54) is 11.3 Å². The standard InChI is InChI=1S/C25H30Cl2N2O3/c1-17-11-13-20(14-12-17)32-16-24(30)29(15-21-22(26)9-6-10-23(21)27)18(2)25(31)28-19-7-4-3-5-8-19/h6,9-14,18-19H,3-5,7-8,15-16H2,1-2H3,(H,28,31)/t18-/m0/s1. The molecule has 7 heteroatoms. The van der Waals surface area contributed by atoms with E-state index >= 15 is 0 Å². The van der Waals surface area contributed by atoms with Crippen LogP contribution in [0.2, 0.25) is 10.0 Å². The Kier molecular flexibility index (Phi) is 8.83. The molecule has 1 N–H and O–H groups in total. The molecule has 0 heterocycles. The van der Waals surface area contributed by atoms with Crippen LogP contribution in [0.1, 0.15) is 50.2 Å². The van der Waals surface area contributed by atoms with E-state index in [9.17, 15) is 9.59 Å². The van der Waals surface area contributed by atoms with Gasteiger partial charge in [-0.25, -0.2) is 0 Å². The lowest BCUT2D eigenvalue weighted by Crippen LogP contribution is -2.51. The first-order chi connectivity index (χ1) is 15.3. The highest BCUT2D eigenvalue weighted by Crippen LogP contribution is 2.27. The molecule has 2 aromatic rings. The Morgan fingerprint density at radius 2 is 1.69 bits per heavy atom. The van der Waals surface area contributed by atoms with Crippen molar-refractivity contribution in [3.63, 3.8) is 0 Å². The van der Waals surface area contributed by atoms with Crippen LogP contribution in [0.15, 0.2) is 42.5 Å². The Bertz CT molecular complexity index is 907. The van der Waals surface area contributed by atoms with Gasteiger partial charge in [-0.15, -0.1) is 0 Å². The van der Waals surface area contributed by atoms with E-state index in [1.807, 2.05) is 31.2 Å². The van der Waals surface area contributed by atoms with Crippen molar-refractivity contribution in [2.45, 2.75) is 64.6 Å². The first-order valence-corrected chi connectivity index (χ1v) is 11.8. The second-order valence-corrected chi connectivity index (χ2v) is 9.16. The third kappa shape index (κ3) is 6.63.